The minimum Gasteiger partial charge on any atom is -0.325 e. The van der Waals surface area contributed by atoms with Crippen LogP contribution in [0, 0.1) is 0 Å². The van der Waals surface area contributed by atoms with Crippen molar-refractivity contribution >= 4 is 21.8 Å². The van der Waals surface area contributed by atoms with Crippen LogP contribution in [0.2, 0.25) is 0 Å². The van der Waals surface area contributed by atoms with E-state index in [0.717, 1.165) is 21.1 Å². The van der Waals surface area contributed by atoms with Crippen LogP contribution in [0.3, 0.4) is 0 Å². The summed E-state index contributed by atoms with van der Waals surface area (Å²) in [5, 5.41) is 2.82. The Labute approximate surface area is 119 Å². The standard InChI is InChI=1S/C13H19N3O3S/c1-13(2)10-7-9(5-6-11(10)15-12(13)17)8-14-20(18,19)16(3)4/h5-7,14H,8H2,1-4H3,(H,15,17). The quantitative estimate of drug-likeness (QED) is 0.863. The molecular weight excluding hydrogens is 278 g/mol. The minimum atomic E-state index is -3.45. The topological polar surface area (TPSA) is 78.5 Å². The molecule has 7 heteroatoms. The maximum Gasteiger partial charge on any atom is 0.279 e. The van der Waals surface area contributed by atoms with Gasteiger partial charge in [-0.3, -0.25) is 4.79 Å². The van der Waals surface area contributed by atoms with Crippen molar-refractivity contribution in [3.8, 4) is 0 Å². The Morgan fingerprint density at radius 2 is 1.95 bits per heavy atom. The fourth-order valence-electron chi connectivity index (χ4n) is 2.03. The number of nitrogens with zero attached hydrogens (tertiary/aromatic N) is 1. The summed E-state index contributed by atoms with van der Waals surface area (Å²) in [7, 11) is -0.511. The number of carbonyl (C=O) groups excluding carboxylic acids is 1. The molecule has 20 heavy (non-hydrogen) atoms. The lowest BCUT2D eigenvalue weighted by molar-refractivity contribution is -0.119. The van der Waals surface area contributed by atoms with Gasteiger partial charge < -0.3 is 5.32 Å². The monoisotopic (exact) mass is 297 g/mol. The molecule has 1 aromatic carbocycles. The van der Waals surface area contributed by atoms with E-state index in [1.165, 1.54) is 14.1 Å². The molecule has 0 aliphatic carbocycles. The normalized spacial score (nSPS) is 17.1. The van der Waals surface area contributed by atoms with Crippen LogP contribution in [0.5, 0.6) is 0 Å². The zero-order valence-electron chi connectivity index (χ0n) is 12.0. The summed E-state index contributed by atoms with van der Waals surface area (Å²) in [6.45, 7) is 3.89. The van der Waals surface area contributed by atoms with Crippen LogP contribution in [0.25, 0.3) is 0 Å². The number of benzene rings is 1. The van der Waals surface area contributed by atoms with Gasteiger partial charge in [0.25, 0.3) is 10.2 Å². The summed E-state index contributed by atoms with van der Waals surface area (Å²) >= 11 is 0. The van der Waals surface area contributed by atoms with E-state index in [4.69, 9.17) is 0 Å². The van der Waals surface area contributed by atoms with Crippen molar-refractivity contribution in [1.82, 2.24) is 9.03 Å². The lowest BCUT2D eigenvalue weighted by Crippen LogP contribution is -2.35. The van der Waals surface area contributed by atoms with Crippen molar-refractivity contribution in [3.05, 3.63) is 29.3 Å². The number of hydrogen-bond donors (Lipinski definition) is 2. The fraction of sp³-hybridized carbons (Fsp3) is 0.462. The first-order valence-electron chi connectivity index (χ1n) is 6.26. The molecule has 1 heterocycles. The van der Waals surface area contributed by atoms with Gasteiger partial charge in [0.1, 0.15) is 0 Å². The molecule has 2 rings (SSSR count). The number of amides is 1. The number of rotatable bonds is 4. The predicted octanol–water partition coefficient (Wildman–Crippen LogP) is 0.812. The molecule has 1 aliphatic rings. The molecule has 2 N–H and O–H groups in total. The molecule has 1 aromatic rings. The molecule has 0 saturated heterocycles. The van der Waals surface area contributed by atoms with Crippen LogP contribution in [-0.2, 0) is 27.0 Å². The molecule has 0 aromatic heterocycles. The van der Waals surface area contributed by atoms with Gasteiger partial charge in [0, 0.05) is 26.3 Å². The first-order chi connectivity index (χ1) is 9.14. The van der Waals surface area contributed by atoms with E-state index in [-0.39, 0.29) is 12.5 Å². The molecule has 0 spiro atoms. The highest BCUT2D eigenvalue weighted by Gasteiger charge is 2.38. The number of hydrogen-bond acceptors (Lipinski definition) is 3. The number of carbonyl (C=O) groups is 1. The SMILES string of the molecule is CN(C)S(=O)(=O)NCc1ccc2c(c1)C(C)(C)C(=O)N2. The Balaban J connectivity index is 2.22. The van der Waals surface area contributed by atoms with E-state index >= 15 is 0 Å². The summed E-state index contributed by atoms with van der Waals surface area (Å²) in [6, 6.07) is 5.48. The molecular formula is C13H19N3O3S. The second kappa shape index (κ2) is 4.83. The van der Waals surface area contributed by atoms with Crippen LogP contribution in [-0.4, -0.2) is 32.7 Å². The Morgan fingerprint density at radius 3 is 2.55 bits per heavy atom. The van der Waals surface area contributed by atoms with Gasteiger partial charge in [0.05, 0.1) is 5.41 Å². The van der Waals surface area contributed by atoms with Gasteiger partial charge in [-0.15, -0.1) is 0 Å². The van der Waals surface area contributed by atoms with Gasteiger partial charge in [-0.05, 0) is 31.0 Å². The molecule has 0 bridgehead atoms. The number of fused-ring (bicyclic) bond motifs is 1. The summed E-state index contributed by atoms with van der Waals surface area (Å²) in [6.07, 6.45) is 0. The first-order valence-corrected chi connectivity index (χ1v) is 7.70. The predicted molar refractivity (Wildman–Crippen MR) is 77.5 cm³/mol. The lowest BCUT2D eigenvalue weighted by Gasteiger charge is -2.16. The van der Waals surface area contributed by atoms with Crippen molar-refractivity contribution in [2.24, 2.45) is 0 Å². The number of nitrogens with one attached hydrogen (secondary N) is 2. The second-order valence-electron chi connectivity index (χ2n) is 5.57. The Bertz CT molecular complexity index is 651. The highest BCUT2D eigenvalue weighted by atomic mass is 32.2. The third-order valence-electron chi connectivity index (χ3n) is 3.51. The zero-order chi connectivity index (χ0) is 15.1. The van der Waals surface area contributed by atoms with Crippen molar-refractivity contribution < 1.29 is 13.2 Å². The van der Waals surface area contributed by atoms with E-state index < -0.39 is 15.6 Å². The van der Waals surface area contributed by atoms with Gasteiger partial charge in [-0.1, -0.05) is 12.1 Å². The van der Waals surface area contributed by atoms with Crippen molar-refractivity contribution in [2.45, 2.75) is 25.8 Å². The molecule has 110 valence electrons. The van der Waals surface area contributed by atoms with E-state index in [9.17, 15) is 13.2 Å². The third kappa shape index (κ3) is 2.56. The highest BCUT2D eigenvalue weighted by Crippen LogP contribution is 2.37. The van der Waals surface area contributed by atoms with E-state index in [1.54, 1.807) is 12.1 Å². The van der Waals surface area contributed by atoms with Gasteiger partial charge >= 0.3 is 0 Å². The summed E-state index contributed by atoms with van der Waals surface area (Å²) < 4.78 is 26.9. The average molecular weight is 297 g/mol. The van der Waals surface area contributed by atoms with Crippen LogP contribution < -0.4 is 10.0 Å². The molecule has 0 unspecified atom stereocenters. The number of anilines is 1. The molecule has 1 aliphatic heterocycles. The average Bonchev–Trinajstić information content (AvgIpc) is 2.58. The summed E-state index contributed by atoms with van der Waals surface area (Å²) in [5.41, 5.74) is 1.91. The molecule has 6 nitrogen and oxygen atoms in total. The van der Waals surface area contributed by atoms with Crippen molar-refractivity contribution in [1.29, 1.82) is 0 Å². The molecule has 0 atom stereocenters. The Morgan fingerprint density at radius 1 is 1.30 bits per heavy atom. The zero-order valence-corrected chi connectivity index (χ0v) is 12.8. The van der Waals surface area contributed by atoms with Crippen LogP contribution in [0.15, 0.2) is 18.2 Å². The van der Waals surface area contributed by atoms with E-state index in [0.29, 0.717) is 0 Å². The molecule has 0 saturated carbocycles. The van der Waals surface area contributed by atoms with Crippen LogP contribution >= 0.6 is 0 Å². The van der Waals surface area contributed by atoms with Gasteiger partial charge in [-0.2, -0.15) is 17.4 Å². The highest BCUT2D eigenvalue weighted by molar-refractivity contribution is 7.87. The minimum absolute atomic E-state index is 0.0430. The smallest absolute Gasteiger partial charge is 0.279 e. The summed E-state index contributed by atoms with van der Waals surface area (Å²) in [5.74, 6) is -0.0430. The molecule has 0 fully saturated rings. The third-order valence-corrected chi connectivity index (χ3v) is 4.98. The van der Waals surface area contributed by atoms with Crippen LogP contribution in [0.1, 0.15) is 25.0 Å². The van der Waals surface area contributed by atoms with Crippen molar-refractivity contribution in [3.63, 3.8) is 0 Å². The lowest BCUT2D eigenvalue weighted by atomic mass is 9.85. The maximum absolute atomic E-state index is 11.8. The fourth-order valence-corrected chi connectivity index (χ4v) is 2.64. The first kappa shape index (κ1) is 15.0. The molecule has 1 amide bonds. The summed E-state index contributed by atoms with van der Waals surface area (Å²) in [4.78, 5) is 11.8. The largest absolute Gasteiger partial charge is 0.325 e. The maximum atomic E-state index is 11.8. The van der Waals surface area contributed by atoms with E-state index in [1.807, 2.05) is 19.9 Å². The van der Waals surface area contributed by atoms with Gasteiger partial charge in [0.15, 0.2) is 0 Å². The second-order valence-corrected chi connectivity index (χ2v) is 7.54. The van der Waals surface area contributed by atoms with Gasteiger partial charge in [0.2, 0.25) is 5.91 Å². The molecule has 0 radical (unpaired) electrons. The Kier molecular flexibility index (Phi) is 3.62. The Hall–Kier alpha value is -1.44. The van der Waals surface area contributed by atoms with Crippen LogP contribution in [0.4, 0.5) is 5.69 Å². The van der Waals surface area contributed by atoms with Gasteiger partial charge in [-0.25, -0.2) is 0 Å². The van der Waals surface area contributed by atoms with Crippen molar-refractivity contribution in [2.75, 3.05) is 19.4 Å². The van der Waals surface area contributed by atoms with E-state index in [2.05, 4.69) is 10.0 Å².